The van der Waals surface area contributed by atoms with E-state index in [2.05, 4.69) is 4.98 Å². The van der Waals surface area contributed by atoms with Crippen molar-refractivity contribution in [2.45, 2.75) is 10.8 Å². The first kappa shape index (κ1) is 12.4. The van der Waals surface area contributed by atoms with Crippen molar-refractivity contribution in [3.05, 3.63) is 53.7 Å². The van der Waals surface area contributed by atoms with E-state index in [0.29, 0.717) is 17.0 Å². The van der Waals surface area contributed by atoms with Crippen molar-refractivity contribution < 1.29 is 4.79 Å². The first-order valence-electron chi connectivity index (χ1n) is 5.39. The van der Waals surface area contributed by atoms with Crippen LogP contribution in [0.5, 0.6) is 0 Å². The molecule has 0 aliphatic carbocycles. The number of carbonyl (C=O) groups is 1. The van der Waals surface area contributed by atoms with Crippen molar-refractivity contribution in [2.75, 3.05) is 5.73 Å². The van der Waals surface area contributed by atoms with Gasteiger partial charge in [0.25, 0.3) is 0 Å². The Labute approximate surface area is 109 Å². The number of primary amides is 1. The Balaban J connectivity index is 2.09. The Morgan fingerprint density at radius 1 is 1.28 bits per heavy atom. The van der Waals surface area contributed by atoms with E-state index in [1.165, 1.54) is 11.8 Å². The molecule has 1 aromatic carbocycles. The van der Waals surface area contributed by atoms with Gasteiger partial charge in [0.15, 0.2) is 0 Å². The second-order valence-electron chi connectivity index (χ2n) is 3.75. The molecule has 5 heteroatoms. The van der Waals surface area contributed by atoms with Gasteiger partial charge in [0, 0.05) is 17.5 Å². The molecule has 2 rings (SSSR count). The maximum absolute atomic E-state index is 11.1. The molecule has 0 aliphatic rings. The van der Waals surface area contributed by atoms with Gasteiger partial charge in [-0.05, 0) is 29.8 Å². The summed E-state index contributed by atoms with van der Waals surface area (Å²) in [5.41, 5.74) is 13.2. The highest BCUT2D eigenvalue weighted by Crippen LogP contribution is 2.25. The molecule has 1 aromatic heterocycles. The van der Waals surface area contributed by atoms with Crippen LogP contribution in [-0.2, 0) is 5.75 Å². The lowest BCUT2D eigenvalue weighted by atomic mass is 10.1. The number of nitrogens with zero attached hydrogens (tertiary/aromatic N) is 1. The van der Waals surface area contributed by atoms with Crippen LogP contribution in [0, 0.1) is 0 Å². The van der Waals surface area contributed by atoms with E-state index in [4.69, 9.17) is 11.5 Å². The second kappa shape index (κ2) is 5.55. The molecular weight excluding hydrogens is 246 g/mol. The van der Waals surface area contributed by atoms with Crippen molar-refractivity contribution in [1.82, 2.24) is 4.98 Å². The van der Waals surface area contributed by atoms with Crippen LogP contribution in [0.3, 0.4) is 0 Å². The Morgan fingerprint density at radius 3 is 2.83 bits per heavy atom. The van der Waals surface area contributed by atoms with E-state index in [-0.39, 0.29) is 0 Å². The van der Waals surface area contributed by atoms with Gasteiger partial charge in [0.1, 0.15) is 5.03 Å². The van der Waals surface area contributed by atoms with Crippen LogP contribution in [0.1, 0.15) is 15.9 Å². The number of hydrogen-bond donors (Lipinski definition) is 2. The molecule has 2 aromatic rings. The molecule has 0 aliphatic heterocycles. The highest BCUT2D eigenvalue weighted by molar-refractivity contribution is 7.98. The molecule has 0 spiro atoms. The zero-order valence-corrected chi connectivity index (χ0v) is 10.5. The molecule has 18 heavy (non-hydrogen) atoms. The zero-order chi connectivity index (χ0) is 13.0. The third-order valence-electron chi connectivity index (χ3n) is 2.39. The number of carbonyl (C=O) groups excluding carboxylic acids is 1. The smallest absolute Gasteiger partial charge is 0.248 e. The largest absolute Gasteiger partial charge is 0.397 e. The maximum Gasteiger partial charge on any atom is 0.248 e. The number of amides is 1. The Kier molecular flexibility index (Phi) is 3.84. The molecule has 1 heterocycles. The quantitative estimate of drug-likeness (QED) is 0.823. The van der Waals surface area contributed by atoms with Crippen molar-refractivity contribution >= 4 is 23.4 Å². The van der Waals surface area contributed by atoms with Crippen molar-refractivity contribution in [2.24, 2.45) is 5.73 Å². The fourth-order valence-electron chi connectivity index (χ4n) is 1.49. The number of thioether (sulfide) groups is 1. The SMILES string of the molecule is NC(=O)c1cccc(CSc2ncccc2N)c1. The molecule has 92 valence electrons. The summed E-state index contributed by atoms with van der Waals surface area (Å²) in [5.74, 6) is 0.279. The number of nitrogen functional groups attached to an aromatic ring is 1. The number of hydrogen-bond acceptors (Lipinski definition) is 4. The topological polar surface area (TPSA) is 82.0 Å². The Hall–Kier alpha value is -2.01. The predicted octanol–water partition coefficient (Wildman–Crippen LogP) is 2.05. The first-order valence-corrected chi connectivity index (χ1v) is 6.37. The van der Waals surface area contributed by atoms with E-state index in [1.807, 2.05) is 18.2 Å². The molecule has 0 saturated carbocycles. The normalized spacial score (nSPS) is 10.2. The van der Waals surface area contributed by atoms with Crippen molar-refractivity contribution in [3.8, 4) is 0 Å². The fourth-order valence-corrected chi connectivity index (χ4v) is 2.34. The minimum atomic E-state index is -0.417. The van der Waals surface area contributed by atoms with Crippen LogP contribution >= 0.6 is 11.8 Å². The number of pyridine rings is 1. The molecule has 0 atom stereocenters. The summed E-state index contributed by atoms with van der Waals surface area (Å²) < 4.78 is 0. The molecule has 0 fully saturated rings. The lowest BCUT2D eigenvalue weighted by molar-refractivity contribution is 0.1000. The van der Waals surface area contributed by atoms with E-state index in [0.717, 1.165) is 10.6 Å². The van der Waals surface area contributed by atoms with Crippen LogP contribution in [0.2, 0.25) is 0 Å². The summed E-state index contributed by atoms with van der Waals surface area (Å²) in [6.45, 7) is 0. The minimum Gasteiger partial charge on any atom is -0.397 e. The number of aromatic nitrogens is 1. The summed E-state index contributed by atoms with van der Waals surface area (Å²) in [6.07, 6.45) is 1.71. The average Bonchev–Trinajstić information content (AvgIpc) is 2.38. The molecule has 0 radical (unpaired) electrons. The van der Waals surface area contributed by atoms with Gasteiger partial charge in [-0.15, -0.1) is 0 Å². The minimum absolute atomic E-state index is 0.417. The second-order valence-corrected chi connectivity index (χ2v) is 4.72. The van der Waals surface area contributed by atoms with E-state index >= 15 is 0 Å². The van der Waals surface area contributed by atoms with E-state index in [9.17, 15) is 4.79 Å². The Bertz CT molecular complexity index is 572. The molecular formula is C13H13N3OS. The standard InChI is InChI=1S/C13H13N3OS/c14-11-5-2-6-16-13(11)18-8-9-3-1-4-10(7-9)12(15)17/h1-7H,8,14H2,(H2,15,17). The lowest BCUT2D eigenvalue weighted by Gasteiger charge is -2.05. The van der Waals surface area contributed by atoms with Gasteiger partial charge in [0.2, 0.25) is 5.91 Å². The number of anilines is 1. The van der Waals surface area contributed by atoms with Gasteiger partial charge < -0.3 is 11.5 Å². The summed E-state index contributed by atoms with van der Waals surface area (Å²) in [5, 5.41) is 0.793. The van der Waals surface area contributed by atoms with Crippen LogP contribution < -0.4 is 11.5 Å². The van der Waals surface area contributed by atoms with Crippen molar-refractivity contribution in [1.29, 1.82) is 0 Å². The number of rotatable bonds is 4. The molecule has 0 bridgehead atoms. The monoisotopic (exact) mass is 259 g/mol. The average molecular weight is 259 g/mol. The number of benzene rings is 1. The zero-order valence-electron chi connectivity index (χ0n) is 9.67. The molecule has 0 saturated heterocycles. The number of nitrogens with two attached hydrogens (primary N) is 2. The summed E-state index contributed by atoms with van der Waals surface area (Å²) in [6, 6.07) is 10.9. The molecule has 4 N–H and O–H groups in total. The van der Waals surface area contributed by atoms with E-state index in [1.54, 1.807) is 24.4 Å². The maximum atomic E-state index is 11.1. The van der Waals surface area contributed by atoms with Gasteiger partial charge in [0.05, 0.1) is 5.69 Å². The molecule has 4 nitrogen and oxygen atoms in total. The van der Waals surface area contributed by atoms with Crippen LogP contribution in [0.4, 0.5) is 5.69 Å². The van der Waals surface area contributed by atoms with Crippen LogP contribution in [0.15, 0.2) is 47.6 Å². The van der Waals surface area contributed by atoms with E-state index < -0.39 is 5.91 Å². The van der Waals surface area contributed by atoms with Crippen molar-refractivity contribution in [3.63, 3.8) is 0 Å². The fraction of sp³-hybridized carbons (Fsp3) is 0.0769. The summed E-state index contributed by atoms with van der Waals surface area (Å²) >= 11 is 1.53. The lowest BCUT2D eigenvalue weighted by Crippen LogP contribution is -2.10. The molecule has 1 amide bonds. The third kappa shape index (κ3) is 3.01. The highest BCUT2D eigenvalue weighted by Gasteiger charge is 2.04. The van der Waals surface area contributed by atoms with Gasteiger partial charge in [-0.2, -0.15) is 0 Å². The van der Waals surface area contributed by atoms with Gasteiger partial charge >= 0.3 is 0 Å². The van der Waals surface area contributed by atoms with Gasteiger partial charge in [-0.1, -0.05) is 23.9 Å². The van der Waals surface area contributed by atoms with Gasteiger partial charge in [-0.25, -0.2) is 4.98 Å². The third-order valence-corrected chi connectivity index (χ3v) is 3.48. The predicted molar refractivity (Wildman–Crippen MR) is 73.2 cm³/mol. The van der Waals surface area contributed by atoms with Crippen LogP contribution in [-0.4, -0.2) is 10.9 Å². The van der Waals surface area contributed by atoms with Crippen LogP contribution in [0.25, 0.3) is 0 Å². The first-order chi connectivity index (χ1) is 8.66. The molecule has 0 unspecified atom stereocenters. The summed E-state index contributed by atoms with van der Waals surface area (Å²) in [7, 11) is 0. The summed E-state index contributed by atoms with van der Waals surface area (Å²) in [4.78, 5) is 15.3. The highest BCUT2D eigenvalue weighted by atomic mass is 32.2. The van der Waals surface area contributed by atoms with Gasteiger partial charge in [-0.3, -0.25) is 4.79 Å². The Morgan fingerprint density at radius 2 is 2.11 bits per heavy atom.